The fourth-order valence-electron chi connectivity index (χ4n) is 2.45. The zero-order chi connectivity index (χ0) is 15.5. The number of nitrogens with one attached hydrogen (secondary N) is 1. The Hall–Kier alpha value is -2.38. The minimum absolute atomic E-state index is 0.256. The molecule has 116 valence electrons. The van der Waals surface area contributed by atoms with Crippen molar-refractivity contribution in [2.24, 2.45) is 0 Å². The Labute approximate surface area is 128 Å². The number of carbonyl (C=O) groups excluding carboxylic acids is 1. The maximum atomic E-state index is 12.4. The van der Waals surface area contributed by atoms with E-state index in [9.17, 15) is 9.90 Å². The Kier molecular flexibility index (Phi) is 4.08. The van der Waals surface area contributed by atoms with Gasteiger partial charge < -0.3 is 20.1 Å². The highest BCUT2D eigenvalue weighted by molar-refractivity contribution is 5.91. The summed E-state index contributed by atoms with van der Waals surface area (Å²) in [4.78, 5) is 13.9. The Bertz CT molecular complexity index is 644. The molecule has 2 heterocycles. The molecule has 7 nitrogen and oxygen atoms in total. The van der Waals surface area contributed by atoms with Crippen LogP contribution in [-0.2, 0) is 4.74 Å². The standard InChI is InChI=1S/C15H18N4O3/c1-18(13-9-22-10-14(13)20)15(21)17-11-5-2-3-6-12(11)19-8-4-7-16-19/h2-8,13-14,20H,9-10H2,1H3,(H,17,21)/t13-,14-/m1/s1. The number of likely N-dealkylation sites (N-methyl/N-ethyl adjacent to an activating group) is 1. The molecular weight excluding hydrogens is 284 g/mol. The van der Waals surface area contributed by atoms with E-state index in [4.69, 9.17) is 4.74 Å². The van der Waals surface area contributed by atoms with Crippen molar-refractivity contribution in [2.75, 3.05) is 25.6 Å². The number of para-hydroxylation sites is 2. The van der Waals surface area contributed by atoms with Gasteiger partial charge in [0.2, 0.25) is 0 Å². The first-order chi connectivity index (χ1) is 10.7. The zero-order valence-corrected chi connectivity index (χ0v) is 12.2. The van der Waals surface area contributed by atoms with Crippen molar-refractivity contribution < 1.29 is 14.6 Å². The number of carbonyl (C=O) groups is 1. The van der Waals surface area contributed by atoms with Crippen LogP contribution in [0.2, 0.25) is 0 Å². The number of benzene rings is 1. The number of ether oxygens (including phenoxy) is 1. The molecule has 2 amide bonds. The number of aliphatic hydroxyl groups excluding tert-OH is 1. The number of hydrogen-bond acceptors (Lipinski definition) is 4. The second kappa shape index (κ2) is 6.17. The van der Waals surface area contributed by atoms with Gasteiger partial charge in [0, 0.05) is 19.4 Å². The maximum Gasteiger partial charge on any atom is 0.322 e. The number of aliphatic hydroxyl groups is 1. The molecule has 1 saturated heterocycles. The number of amides is 2. The molecule has 7 heteroatoms. The third-order valence-corrected chi connectivity index (χ3v) is 3.74. The van der Waals surface area contributed by atoms with Gasteiger partial charge in [0.1, 0.15) is 0 Å². The molecule has 0 spiro atoms. The van der Waals surface area contributed by atoms with Gasteiger partial charge in [0.05, 0.1) is 36.7 Å². The molecule has 2 atom stereocenters. The van der Waals surface area contributed by atoms with Gasteiger partial charge in [-0.1, -0.05) is 12.1 Å². The largest absolute Gasteiger partial charge is 0.388 e. The van der Waals surface area contributed by atoms with Crippen molar-refractivity contribution in [2.45, 2.75) is 12.1 Å². The highest BCUT2D eigenvalue weighted by atomic mass is 16.5. The van der Waals surface area contributed by atoms with Crippen LogP contribution in [0.25, 0.3) is 5.69 Å². The lowest BCUT2D eigenvalue weighted by molar-refractivity contribution is 0.106. The second-order valence-electron chi connectivity index (χ2n) is 5.18. The highest BCUT2D eigenvalue weighted by Gasteiger charge is 2.32. The van der Waals surface area contributed by atoms with Gasteiger partial charge in [-0.2, -0.15) is 5.10 Å². The Morgan fingerprint density at radius 1 is 1.41 bits per heavy atom. The molecule has 0 aliphatic carbocycles. The quantitative estimate of drug-likeness (QED) is 0.889. The summed E-state index contributed by atoms with van der Waals surface area (Å²) in [5.41, 5.74) is 1.42. The molecule has 2 N–H and O–H groups in total. The lowest BCUT2D eigenvalue weighted by Crippen LogP contribution is -2.46. The van der Waals surface area contributed by atoms with Crippen molar-refractivity contribution in [3.8, 4) is 5.69 Å². The van der Waals surface area contributed by atoms with E-state index in [0.717, 1.165) is 5.69 Å². The van der Waals surface area contributed by atoms with E-state index in [1.165, 1.54) is 4.90 Å². The molecule has 3 rings (SSSR count). The Morgan fingerprint density at radius 2 is 2.23 bits per heavy atom. The van der Waals surface area contributed by atoms with Crippen molar-refractivity contribution in [3.05, 3.63) is 42.7 Å². The van der Waals surface area contributed by atoms with Crippen LogP contribution in [0.3, 0.4) is 0 Å². The zero-order valence-electron chi connectivity index (χ0n) is 12.2. The monoisotopic (exact) mass is 302 g/mol. The average molecular weight is 302 g/mol. The minimum atomic E-state index is -0.655. The number of nitrogens with zero attached hydrogens (tertiary/aromatic N) is 3. The van der Waals surface area contributed by atoms with Gasteiger partial charge in [-0.25, -0.2) is 9.48 Å². The van der Waals surface area contributed by atoms with Crippen molar-refractivity contribution in [1.82, 2.24) is 14.7 Å². The summed E-state index contributed by atoms with van der Waals surface area (Å²) in [5.74, 6) is 0. The first kappa shape index (κ1) is 14.6. The smallest absolute Gasteiger partial charge is 0.322 e. The van der Waals surface area contributed by atoms with Crippen LogP contribution < -0.4 is 5.32 Å². The topological polar surface area (TPSA) is 79.6 Å². The molecule has 1 aliphatic heterocycles. The van der Waals surface area contributed by atoms with E-state index in [2.05, 4.69) is 10.4 Å². The predicted molar refractivity (Wildman–Crippen MR) is 81.0 cm³/mol. The third-order valence-electron chi connectivity index (χ3n) is 3.74. The van der Waals surface area contributed by atoms with E-state index >= 15 is 0 Å². The number of aromatic nitrogens is 2. The van der Waals surface area contributed by atoms with Crippen LogP contribution in [-0.4, -0.2) is 58.2 Å². The van der Waals surface area contributed by atoms with E-state index < -0.39 is 6.10 Å². The molecule has 2 aromatic rings. The molecule has 0 bridgehead atoms. The minimum Gasteiger partial charge on any atom is -0.388 e. The molecule has 1 aliphatic rings. The van der Waals surface area contributed by atoms with Crippen molar-refractivity contribution >= 4 is 11.7 Å². The summed E-state index contributed by atoms with van der Waals surface area (Å²) in [6, 6.07) is 8.59. The summed E-state index contributed by atoms with van der Waals surface area (Å²) < 4.78 is 6.87. The summed E-state index contributed by atoms with van der Waals surface area (Å²) in [7, 11) is 1.65. The summed E-state index contributed by atoms with van der Waals surface area (Å²) in [6.07, 6.45) is 2.83. The predicted octanol–water partition coefficient (Wildman–Crippen LogP) is 1.10. The summed E-state index contributed by atoms with van der Waals surface area (Å²) in [5, 5.41) is 16.9. The average Bonchev–Trinajstić information content (AvgIpc) is 3.18. The van der Waals surface area contributed by atoms with Crippen LogP contribution in [0.4, 0.5) is 10.5 Å². The van der Waals surface area contributed by atoms with Crippen LogP contribution in [0.5, 0.6) is 0 Å². The lowest BCUT2D eigenvalue weighted by atomic mass is 10.2. The molecule has 0 radical (unpaired) electrons. The van der Waals surface area contributed by atoms with E-state index in [-0.39, 0.29) is 18.7 Å². The molecule has 1 aromatic heterocycles. The normalized spacial score (nSPS) is 20.8. The number of urea groups is 1. The van der Waals surface area contributed by atoms with E-state index in [1.54, 1.807) is 17.9 Å². The lowest BCUT2D eigenvalue weighted by Gasteiger charge is -2.26. The third kappa shape index (κ3) is 2.81. The van der Waals surface area contributed by atoms with Crippen LogP contribution in [0, 0.1) is 0 Å². The SMILES string of the molecule is CN(C(=O)Nc1ccccc1-n1cccn1)[C@@H]1COC[C@H]1O. The van der Waals surface area contributed by atoms with Gasteiger partial charge in [-0.3, -0.25) is 0 Å². The summed E-state index contributed by atoms with van der Waals surface area (Å²) in [6.45, 7) is 0.595. The second-order valence-corrected chi connectivity index (χ2v) is 5.18. The molecule has 22 heavy (non-hydrogen) atoms. The number of anilines is 1. The van der Waals surface area contributed by atoms with Gasteiger partial charge >= 0.3 is 6.03 Å². The highest BCUT2D eigenvalue weighted by Crippen LogP contribution is 2.20. The van der Waals surface area contributed by atoms with Gasteiger partial charge in [-0.05, 0) is 18.2 Å². The van der Waals surface area contributed by atoms with E-state index in [1.807, 2.05) is 36.5 Å². The van der Waals surface area contributed by atoms with Gasteiger partial charge in [-0.15, -0.1) is 0 Å². The summed E-state index contributed by atoms with van der Waals surface area (Å²) >= 11 is 0. The van der Waals surface area contributed by atoms with E-state index in [0.29, 0.717) is 12.3 Å². The van der Waals surface area contributed by atoms with Crippen molar-refractivity contribution in [1.29, 1.82) is 0 Å². The molecule has 0 saturated carbocycles. The molecule has 0 unspecified atom stereocenters. The van der Waals surface area contributed by atoms with Crippen LogP contribution >= 0.6 is 0 Å². The Morgan fingerprint density at radius 3 is 2.91 bits per heavy atom. The molecule has 1 fully saturated rings. The van der Waals surface area contributed by atoms with Crippen LogP contribution in [0.1, 0.15) is 0 Å². The molecular formula is C15H18N4O3. The molecule has 1 aromatic carbocycles. The van der Waals surface area contributed by atoms with Gasteiger partial charge in [0.25, 0.3) is 0 Å². The van der Waals surface area contributed by atoms with Gasteiger partial charge in [0.15, 0.2) is 0 Å². The number of rotatable bonds is 3. The fourth-order valence-corrected chi connectivity index (χ4v) is 2.45. The number of hydrogen-bond donors (Lipinski definition) is 2. The van der Waals surface area contributed by atoms with Crippen molar-refractivity contribution in [3.63, 3.8) is 0 Å². The maximum absolute atomic E-state index is 12.4. The first-order valence-corrected chi connectivity index (χ1v) is 7.05. The first-order valence-electron chi connectivity index (χ1n) is 7.05. The Balaban J connectivity index is 1.77. The van der Waals surface area contributed by atoms with Crippen LogP contribution in [0.15, 0.2) is 42.7 Å². The fraction of sp³-hybridized carbons (Fsp3) is 0.333.